The van der Waals surface area contributed by atoms with Gasteiger partial charge in [0.1, 0.15) is 0 Å². The number of rotatable bonds is 6. The second-order valence-electron chi connectivity index (χ2n) is 8.06. The number of hydrogen-bond acceptors (Lipinski definition) is 3. The van der Waals surface area contributed by atoms with Crippen molar-refractivity contribution < 1.29 is 4.79 Å². The highest BCUT2D eigenvalue weighted by Gasteiger charge is 2.32. The molecule has 4 heteroatoms. The summed E-state index contributed by atoms with van der Waals surface area (Å²) < 4.78 is 0. The minimum Gasteiger partial charge on any atom is -0.341 e. The van der Waals surface area contributed by atoms with Gasteiger partial charge in [-0.15, -0.1) is 11.3 Å². The van der Waals surface area contributed by atoms with E-state index in [-0.39, 0.29) is 0 Å². The Labute approximate surface area is 167 Å². The van der Waals surface area contributed by atoms with Crippen molar-refractivity contribution in [3.63, 3.8) is 0 Å². The first-order chi connectivity index (χ1) is 13.2. The Morgan fingerprint density at radius 3 is 2.67 bits per heavy atom. The monoisotopic (exact) mass is 382 g/mol. The van der Waals surface area contributed by atoms with Crippen molar-refractivity contribution in [1.29, 1.82) is 0 Å². The second-order valence-corrected chi connectivity index (χ2v) is 9.09. The Morgan fingerprint density at radius 2 is 1.96 bits per heavy atom. The minimum atomic E-state index is 0.313. The molecule has 0 saturated carbocycles. The highest BCUT2D eigenvalue weighted by molar-refractivity contribution is 7.09. The summed E-state index contributed by atoms with van der Waals surface area (Å²) in [5.41, 5.74) is 3.03. The van der Waals surface area contributed by atoms with Gasteiger partial charge < -0.3 is 4.90 Å². The largest absolute Gasteiger partial charge is 0.341 e. The molecule has 1 unspecified atom stereocenters. The van der Waals surface area contributed by atoms with Gasteiger partial charge in [0.2, 0.25) is 5.91 Å². The number of amides is 1. The molecule has 2 aliphatic rings. The van der Waals surface area contributed by atoms with E-state index in [2.05, 4.69) is 46.7 Å². The van der Waals surface area contributed by atoms with E-state index in [9.17, 15) is 4.79 Å². The number of hydrogen-bond donors (Lipinski definition) is 0. The molecular weight excluding hydrogens is 352 g/mol. The van der Waals surface area contributed by atoms with Gasteiger partial charge in [-0.2, -0.15) is 0 Å². The molecule has 1 saturated heterocycles. The number of likely N-dealkylation sites (tertiary alicyclic amines) is 1. The summed E-state index contributed by atoms with van der Waals surface area (Å²) in [6, 6.07) is 14.1. The van der Waals surface area contributed by atoms with Gasteiger partial charge in [-0.25, -0.2) is 0 Å². The van der Waals surface area contributed by atoms with Gasteiger partial charge >= 0.3 is 0 Å². The van der Waals surface area contributed by atoms with Crippen molar-refractivity contribution in [2.75, 3.05) is 20.1 Å². The van der Waals surface area contributed by atoms with E-state index >= 15 is 0 Å². The highest BCUT2D eigenvalue weighted by Crippen LogP contribution is 2.28. The van der Waals surface area contributed by atoms with Gasteiger partial charge in [-0.3, -0.25) is 9.69 Å². The Morgan fingerprint density at radius 1 is 1.19 bits per heavy atom. The third-order valence-corrected chi connectivity index (χ3v) is 7.25. The van der Waals surface area contributed by atoms with Crippen LogP contribution in [0.1, 0.15) is 41.7 Å². The molecule has 3 nitrogen and oxygen atoms in total. The molecule has 1 atom stereocenters. The molecular formula is C23H30N2OS. The number of benzene rings is 1. The Bertz CT molecular complexity index is 732. The van der Waals surface area contributed by atoms with E-state index in [1.165, 1.54) is 41.8 Å². The van der Waals surface area contributed by atoms with Gasteiger partial charge in [-0.05, 0) is 67.6 Å². The number of likely N-dealkylation sites (N-methyl/N-ethyl adjacent to an activating group) is 1. The average molecular weight is 383 g/mol. The molecule has 0 bridgehead atoms. The molecule has 4 rings (SSSR count). The van der Waals surface area contributed by atoms with E-state index in [1.807, 2.05) is 11.9 Å². The molecule has 1 fully saturated rings. The van der Waals surface area contributed by atoms with Gasteiger partial charge in [0.25, 0.3) is 0 Å². The number of thiophene rings is 1. The predicted octanol–water partition coefficient (Wildman–Crippen LogP) is 4.16. The fourth-order valence-corrected chi connectivity index (χ4v) is 5.42. The fourth-order valence-electron chi connectivity index (χ4n) is 4.67. The van der Waals surface area contributed by atoms with Crippen LogP contribution in [-0.2, 0) is 24.1 Å². The van der Waals surface area contributed by atoms with Gasteiger partial charge in [0.05, 0.1) is 0 Å². The number of nitrogens with zero attached hydrogens (tertiary/aromatic N) is 2. The van der Waals surface area contributed by atoms with Crippen molar-refractivity contribution in [3.8, 4) is 0 Å². The molecule has 1 aromatic heterocycles. The van der Waals surface area contributed by atoms with Gasteiger partial charge in [-0.1, -0.05) is 30.3 Å². The van der Waals surface area contributed by atoms with Gasteiger partial charge in [0, 0.05) is 37.0 Å². The van der Waals surface area contributed by atoms with E-state index in [0.717, 1.165) is 25.8 Å². The summed E-state index contributed by atoms with van der Waals surface area (Å²) >= 11 is 1.79. The number of aryl methyl sites for hydroxylation is 1. The van der Waals surface area contributed by atoms with Crippen LogP contribution in [0.2, 0.25) is 0 Å². The van der Waals surface area contributed by atoms with Crippen molar-refractivity contribution in [3.05, 3.63) is 57.8 Å². The molecule has 2 aromatic rings. The summed E-state index contributed by atoms with van der Waals surface area (Å²) in [5.74, 6) is 0.313. The SMILES string of the molecule is CN(C(=O)CCCc1cccs1)C1CCCN(C2Cc3ccccc3C2)C1. The van der Waals surface area contributed by atoms with Crippen molar-refractivity contribution in [2.24, 2.45) is 0 Å². The molecule has 1 aromatic carbocycles. The topological polar surface area (TPSA) is 23.6 Å². The summed E-state index contributed by atoms with van der Waals surface area (Å²) in [6.45, 7) is 2.21. The van der Waals surface area contributed by atoms with Crippen LogP contribution in [0.4, 0.5) is 0 Å². The molecule has 2 heterocycles. The summed E-state index contributed by atoms with van der Waals surface area (Å²) in [6.07, 6.45) is 7.32. The number of carbonyl (C=O) groups excluding carboxylic acids is 1. The summed E-state index contributed by atoms with van der Waals surface area (Å²) in [7, 11) is 2.02. The zero-order chi connectivity index (χ0) is 18.6. The third-order valence-electron chi connectivity index (χ3n) is 6.31. The molecule has 1 aliphatic heterocycles. The van der Waals surface area contributed by atoms with Crippen LogP contribution in [0.15, 0.2) is 41.8 Å². The van der Waals surface area contributed by atoms with Crippen LogP contribution >= 0.6 is 11.3 Å². The van der Waals surface area contributed by atoms with Crippen molar-refractivity contribution in [1.82, 2.24) is 9.80 Å². The van der Waals surface area contributed by atoms with Crippen LogP contribution in [-0.4, -0.2) is 47.9 Å². The van der Waals surface area contributed by atoms with Crippen LogP contribution in [0, 0.1) is 0 Å². The number of carbonyl (C=O) groups is 1. The molecule has 0 radical (unpaired) electrons. The number of fused-ring (bicyclic) bond motifs is 1. The van der Waals surface area contributed by atoms with E-state index in [1.54, 1.807) is 11.3 Å². The van der Waals surface area contributed by atoms with E-state index in [0.29, 0.717) is 24.4 Å². The highest BCUT2D eigenvalue weighted by atomic mass is 32.1. The second kappa shape index (κ2) is 8.57. The quantitative estimate of drug-likeness (QED) is 0.749. The zero-order valence-electron chi connectivity index (χ0n) is 16.3. The lowest BCUT2D eigenvalue weighted by molar-refractivity contribution is -0.133. The van der Waals surface area contributed by atoms with E-state index in [4.69, 9.17) is 0 Å². The first kappa shape index (κ1) is 18.7. The summed E-state index contributed by atoms with van der Waals surface area (Å²) in [4.78, 5) is 18.8. The van der Waals surface area contributed by atoms with Crippen LogP contribution in [0.5, 0.6) is 0 Å². The normalized spacial score (nSPS) is 20.6. The molecule has 1 aliphatic carbocycles. The Hall–Kier alpha value is -1.65. The van der Waals surface area contributed by atoms with Crippen LogP contribution in [0.3, 0.4) is 0 Å². The van der Waals surface area contributed by atoms with E-state index < -0.39 is 0 Å². The Kier molecular flexibility index (Phi) is 5.94. The number of piperidine rings is 1. The van der Waals surface area contributed by atoms with Crippen LogP contribution in [0.25, 0.3) is 0 Å². The molecule has 0 N–H and O–H groups in total. The zero-order valence-corrected chi connectivity index (χ0v) is 17.1. The smallest absolute Gasteiger partial charge is 0.222 e. The third kappa shape index (κ3) is 4.44. The van der Waals surface area contributed by atoms with Gasteiger partial charge in [0.15, 0.2) is 0 Å². The maximum Gasteiger partial charge on any atom is 0.222 e. The first-order valence-corrected chi connectivity index (χ1v) is 11.2. The average Bonchev–Trinajstić information content (AvgIpc) is 3.37. The standard InChI is InChI=1S/C23H30N2OS/c1-24(23(26)12-4-10-22-11-6-14-27-22)20-9-5-13-25(17-20)21-15-18-7-2-3-8-19(18)16-21/h2-3,6-8,11,14,20-21H,4-5,9-10,12-13,15-17H2,1H3. The maximum absolute atomic E-state index is 12.7. The lowest BCUT2D eigenvalue weighted by Crippen LogP contribution is -2.51. The Balaban J connectivity index is 1.28. The molecule has 27 heavy (non-hydrogen) atoms. The predicted molar refractivity (Wildman–Crippen MR) is 112 cm³/mol. The van der Waals surface area contributed by atoms with Crippen molar-refractivity contribution >= 4 is 17.2 Å². The molecule has 144 valence electrons. The minimum absolute atomic E-state index is 0.313. The molecule has 0 spiro atoms. The van der Waals surface area contributed by atoms with Crippen LogP contribution < -0.4 is 0 Å². The maximum atomic E-state index is 12.7. The molecule has 1 amide bonds. The van der Waals surface area contributed by atoms with Crippen molar-refractivity contribution in [2.45, 2.75) is 57.0 Å². The lowest BCUT2D eigenvalue weighted by Gasteiger charge is -2.40. The lowest BCUT2D eigenvalue weighted by atomic mass is 10.0. The summed E-state index contributed by atoms with van der Waals surface area (Å²) in [5, 5.41) is 2.11. The fraction of sp³-hybridized carbons (Fsp3) is 0.522. The first-order valence-electron chi connectivity index (χ1n) is 10.3.